The summed E-state index contributed by atoms with van der Waals surface area (Å²) >= 11 is 0. The third kappa shape index (κ3) is 2.06. The standard InChI is InChI=1S/C19H13FN6O/c1-8-6-10-13(9-2-3-12(20)16-11(9)7-24-26-16)14(21)19(27)25-17(10)18-15(8)22-4-5-23-18/h2-7H,21H2,1H3,(H,24,26)(H,25,27). The highest BCUT2D eigenvalue weighted by molar-refractivity contribution is 6.13. The molecular formula is C19H13FN6O. The number of aryl methyl sites for hydroxylation is 1. The number of hydrogen-bond donors (Lipinski definition) is 3. The zero-order chi connectivity index (χ0) is 18.7. The molecule has 3 aromatic heterocycles. The highest BCUT2D eigenvalue weighted by atomic mass is 19.1. The lowest BCUT2D eigenvalue weighted by molar-refractivity contribution is 0.636. The van der Waals surface area contributed by atoms with Gasteiger partial charge in [0, 0.05) is 28.7 Å². The van der Waals surface area contributed by atoms with E-state index in [9.17, 15) is 9.18 Å². The van der Waals surface area contributed by atoms with Gasteiger partial charge < -0.3 is 10.7 Å². The fourth-order valence-electron chi connectivity index (χ4n) is 3.57. The van der Waals surface area contributed by atoms with E-state index in [1.807, 2.05) is 13.0 Å². The molecular weight excluding hydrogens is 347 g/mol. The smallest absolute Gasteiger partial charge is 0.272 e. The summed E-state index contributed by atoms with van der Waals surface area (Å²) in [4.78, 5) is 24.1. The van der Waals surface area contributed by atoms with Crippen LogP contribution in [0.25, 0.3) is 44.0 Å². The molecule has 0 radical (unpaired) electrons. The van der Waals surface area contributed by atoms with Gasteiger partial charge in [-0.2, -0.15) is 5.10 Å². The van der Waals surface area contributed by atoms with Gasteiger partial charge >= 0.3 is 0 Å². The lowest BCUT2D eigenvalue weighted by atomic mass is 9.95. The molecule has 0 amide bonds. The van der Waals surface area contributed by atoms with Gasteiger partial charge in [0.2, 0.25) is 0 Å². The fourth-order valence-corrected chi connectivity index (χ4v) is 3.57. The van der Waals surface area contributed by atoms with Crippen LogP contribution in [0.15, 0.2) is 41.6 Å². The molecule has 7 nitrogen and oxygen atoms in total. The number of anilines is 1. The molecule has 0 saturated carbocycles. The number of aromatic amines is 2. The number of nitrogens with two attached hydrogens (primary N) is 1. The number of hydrogen-bond acceptors (Lipinski definition) is 5. The zero-order valence-corrected chi connectivity index (χ0v) is 14.2. The van der Waals surface area contributed by atoms with Gasteiger partial charge in [0.1, 0.15) is 22.5 Å². The SMILES string of the molecule is Cc1cc2c(-c3ccc(F)c4[nH]ncc34)c(N)c(=O)[nH]c2c2nccnc12. The van der Waals surface area contributed by atoms with Crippen molar-refractivity contribution in [2.75, 3.05) is 5.73 Å². The Labute approximate surface area is 151 Å². The van der Waals surface area contributed by atoms with Crippen molar-refractivity contribution in [3.63, 3.8) is 0 Å². The third-order valence-electron chi connectivity index (χ3n) is 4.79. The minimum Gasteiger partial charge on any atom is -0.394 e. The molecule has 5 rings (SSSR count). The molecule has 132 valence electrons. The summed E-state index contributed by atoms with van der Waals surface area (Å²) in [5, 5.41) is 7.84. The molecule has 0 fully saturated rings. The Kier molecular flexibility index (Phi) is 3.06. The van der Waals surface area contributed by atoms with E-state index < -0.39 is 11.4 Å². The van der Waals surface area contributed by atoms with E-state index in [4.69, 9.17) is 5.73 Å². The predicted octanol–water partition coefficient (Wildman–Crippen LogP) is 3.04. The third-order valence-corrected chi connectivity index (χ3v) is 4.79. The van der Waals surface area contributed by atoms with E-state index in [1.165, 1.54) is 12.3 Å². The van der Waals surface area contributed by atoms with Gasteiger partial charge in [-0.3, -0.25) is 19.9 Å². The number of pyridine rings is 1. The number of nitrogen functional groups attached to an aromatic ring is 1. The summed E-state index contributed by atoms with van der Waals surface area (Å²) in [5.41, 5.74) is 9.91. The van der Waals surface area contributed by atoms with Gasteiger partial charge in [0.05, 0.1) is 17.2 Å². The van der Waals surface area contributed by atoms with Crippen molar-refractivity contribution in [2.24, 2.45) is 0 Å². The molecule has 0 aliphatic heterocycles. The Morgan fingerprint density at radius 3 is 2.67 bits per heavy atom. The molecule has 0 spiro atoms. The molecule has 5 aromatic rings. The molecule has 0 unspecified atom stereocenters. The number of rotatable bonds is 1. The molecule has 4 N–H and O–H groups in total. The second-order valence-corrected chi connectivity index (χ2v) is 6.37. The van der Waals surface area contributed by atoms with Crippen LogP contribution in [0.2, 0.25) is 0 Å². The number of aromatic nitrogens is 5. The van der Waals surface area contributed by atoms with Crippen molar-refractivity contribution in [3.8, 4) is 11.1 Å². The maximum atomic E-state index is 14.1. The van der Waals surface area contributed by atoms with Crippen molar-refractivity contribution in [1.82, 2.24) is 25.1 Å². The number of nitrogens with one attached hydrogen (secondary N) is 2. The summed E-state index contributed by atoms with van der Waals surface area (Å²) in [6, 6.07) is 4.84. The van der Waals surface area contributed by atoms with E-state index in [0.717, 1.165) is 5.56 Å². The first-order valence-electron chi connectivity index (χ1n) is 8.24. The predicted molar refractivity (Wildman–Crippen MR) is 102 cm³/mol. The molecule has 27 heavy (non-hydrogen) atoms. The quantitative estimate of drug-likeness (QED) is 0.398. The van der Waals surface area contributed by atoms with E-state index >= 15 is 0 Å². The number of halogens is 1. The number of fused-ring (bicyclic) bond motifs is 4. The summed E-state index contributed by atoms with van der Waals surface area (Å²) in [7, 11) is 0. The van der Waals surface area contributed by atoms with Crippen LogP contribution in [0.5, 0.6) is 0 Å². The van der Waals surface area contributed by atoms with E-state index in [1.54, 1.807) is 18.5 Å². The average molecular weight is 360 g/mol. The largest absolute Gasteiger partial charge is 0.394 e. The van der Waals surface area contributed by atoms with Gasteiger partial charge in [-0.25, -0.2) is 4.39 Å². The first-order valence-corrected chi connectivity index (χ1v) is 8.24. The Bertz CT molecular complexity index is 1440. The van der Waals surface area contributed by atoms with Crippen molar-refractivity contribution >= 4 is 38.5 Å². The highest BCUT2D eigenvalue weighted by Crippen LogP contribution is 2.38. The minimum atomic E-state index is -0.436. The molecule has 3 heterocycles. The van der Waals surface area contributed by atoms with Crippen LogP contribution in [-0.4, -0.2) is 25.1 Å². The van der Waals surface area contributed by atoms with Crippen molar-refractivity contribution in [2.45, 2.75) is 6.92 Å². The second kappa shape index (κ2) is 5.34. The zero-order valence-electron chi connectivity index (χ0n) is 14.2. The first kappa shape index (κ1) is 15.4. The van der Waals surface area contributed by atoms with Crippen LogP contribution in [0, 0.1) is 12.7 Å². The average Bonchev–Trinajstić information content (AvgIpc) is 3.16. The van der Waals surface area contributed by atoms with Gasteiger partial charge in [-0.05, 0) is 30.2 Å². The van der Waals surface area contributed by atoms with Gasteiger partial charge in [-0.15, -0.1) is 0 Å². The highest BCUT2D eigenvalue weighted by Gasteiger charge is 2.19. The molecule has 0 atom stereocenters. The van der Waals surface area contributed by atoms with Crippen LogP contribution >= 0.6 is 0 Å². The Morgan fingerprint density at radius 2 is 1.85 bits per heavy atom. The number of benzene rings is 2. The monoisotopic (exact) mass is 360 g/mol. The number of nitrogens with zero attached hydrogens (tertiary/aromatic N) is 3. The molecule has 2 aromatic carbocycles. The van der Waals surface area contributed by atoms with Crippen LogP contribution in [-0.2, 0) is 0 Å². The number of H-pyrrole nitrogens is 2. The van der Waals surface area contributed by atoms with E-state index in [0.29, 0.717) is 38.4 Å². The molecule has 0 bridgehead atoms. The fraction of sp³-hybridized carbons (Fsp3) is 0.0526. The molecule has 0 aliphatic carbocycles. The van der Waals surface area contributed by atoms with Gasteiger partial charge in [0.15, 0.2) is 0 Å². The maximum Gasteiger partial charge on any atom is 0.272 e. The van der Waals surface area contributed by atoms with E-state index in [-0.39, 0.29) is 11.2 Å². The van der Waals surface area contributed by atoms with Crippen molar-refractivity contribution in [1.29, 1.82) is 0 Å². The molecule has 0 aliphatic rings. The second-order valence-electron chi connectivity index (χ2n) is 6.37. The Balaban J connectivity index is 2.03. The topological polar surface area (TPSA) is 113 Å². The lowest BCUT2D eigenvalue weighted by Crippen LogP contribution is -2.14. The van der Waals surface area contributed by atoms with Crippen molar-refractivity contribution < 1.29 is 4.39 Å². The summed E-state index contributed by atoms with van der Waals surface area (Å²) in [6.07, 6.45) is 4.70. The maximum absolute atomic E-state index is 14.1. The molecule has 8 heteroatoms. The first-order chi connectivity index (χ1) is 13.1. The summed E-state index contributed by atoms with van der Waals surface area (Å²) < 4.78 is 14.1. The van der Waals surface area contributed by atoms with Crippen LogP contribution in [0.1, 0.15) is 5.56 Å². The minimum absolute atomic E-state index is 0.0549. The van der Waals surface area contributed by atoms with Crippen LogP contribution in [0.3, 0.4) is 0 Å². The van der Waals surface area contributed by atoms with Gasteiger partial charge in [-0.1, -0.05) is 6.07 Å². The summed E-state index contributed by atoms with van der Waals surface area (Å²) in [5.74, 6) is -0.425. The Morgan fingerprint density at radius 1 is 1.07 bits per heavy atom. The molecule has 0 saturated heterocycles. The normalized spacial score (nSPS) is 11.6. The lowest BCUT2D eigenvalue weighted by Gasteiger charge is -2.13. The van der Waals surface area contributed by atoms with E-state index in [2.05, 4.69) is 25.1 Å². The summed E-state index contributed by atoms with van der Waals surface area (Å²) in [6.45, 7) is 1.92. The van der Waals surface area contributed by atoms with Crippen LogP contribution in [0.4, 0.5) is 10.1 Å². The van der Waals surface area contributed by atoms with Gasteiger partial charge in [0.25, 0.3) is 5.56 Å². The van der Waals surface area contributed by atoms with Crippen LogP contribution < -0.4 is 11.3 Å². The Hall–Kier alpha value is -3.81. The van der Waals surface area contributed by atoms with Crippen molar-refractivity contribution in [3.05, 3.63) is 58.5 Å².